The molecule has 19 heavy (non-hydrogen) atoms. The van der Waals surface area contributed by atoms with Crippen molar-refractivity contribution in [1.82, 2.24) is 0 Å². The number of aldehydes is 1. The predicted octanol–water partition coefficient (Wildman–Crippen LogP) is 3.04. The summed E-state index contributed by atoms with van der Waals surface area (Å²) in [6, 6.07) is 4.60. The number of hydrogen-bond donors (Lipinski definition) is 1. The van der Waals surface area contributed by atoms with Crippen molar-refractivity contribution in [3.05, 3.63) is 39.7 Å². The number of carbonyl (C=O) groups is 1. The van der Waals surface area contributed by atoms with Crippen LogP contribution in [0.15, 0.2) is 27.4 Å². The van der Waals surface area contributed by atoms with Crippen LogP contribution in [0.25, 0.3) is 11.0 Å². The zero-order valence-corrected chi connectivity index (χ0v) is 10.8. The Hall–Kier alpha value is -2.10. The largest absolute Gasteiger partial charge is 0.507 e. The smallest absolute Gasteiger partial charge is 0.336 e. The molecule has 1 heterocycles. The van der Waals surface area contributed by atoms with E-state index in [4.69, 9.17) is 4.42 Å². The number of rotatable bonds is 5. The van der Waals surface area contributed by atoms with Gasteiger partial charge in [-0.15, -0.1) is 0 Å². The van der Waals surface area contributed by atoms with Gasteiger partial charge in [-0.25, -0.2) is 4.79 Å². The van der Waals surface area contributed by atoms with Crippen molar-refractivity contribution in [2.24, 2.45) is 0 Å². The lowest BCUT2D eigenvalue weighted by Gasteiger charge is -2.07. The third-order valence-electron chi connectivity index (χ3n) is 3.18. The lowest BCUT2D eigenvalue weighted by Crippen LogP contribution is -2.02. The standard InChI is InChI=1S/C15H16O4/c1-2-3-4-5-10-8-14(18)19-15-11(10)6-7-13(17)12(15)9-16/h6-9,17H,2-5H2,1H3. The Morgan fingerprint density at radius 2 is 2.11 bits per heavy atom. The highest BCUT2D eigenvalue weighted by molar-refractivity contribution is 5.98. The van der Waals surface area contributed by atoms with Crippen molar-refractivity contribution < 1.29 is 14.3 Å². The topological polar surface area (TPSA) is 67.5 Å². The van der Waals surface area contributed by atoms with Crippen LogP contribution >= 0.6 is 0 Å². The fraction of sp³-hybridized carbons (Fsp3) is 0.333. The van der Waals surface area contributed by atoms with Crippen molar-refractivity contribution >= 4 is 17.3 Å². The molecule has 2 aromatic rings. The highest BCUT2D eigenvalue weighted by Gasteiger charge is 2.12. The molecule has 0 fully saturated rings. The second-order valence-corrected chi connectivity index (χ2v) is 4.54. The highest BCUT2D eigenvalue weighted by Crippen LogP contribution is 2.27. The Morgan fingerprint density at radius 1 is 1.32 bits per heavy atom. The van der Waals surface area contributed by atoms with Crippen molar-refractivity contribution in [2.45, 2.75) is 32.6 Å². The van der Waals surface area contributed by atoms with E-state index in [1.165, 1.54) is 12.1 Å². The minimum absolute atomic E-state index is 0.0342. The molecule has 100 valence electrons. The van der Waals surface area contributed by atoms with Crippen LogP contribution in [0.5, 0.6) is 5.75 Å². The number of phenolic OH excluding ortho intramolecular Hbond substituents is 1. The third-order valence-corrected chi connectivity index (χ3v) is 3.18. The van der Waals surface area contributed by atoms with Gasteiger partial charge in [0.1, 0.15) is 5.75 Å². The molecule has 0 saturated carbocycles. The third kappa shape index (κ3) is 2.67. The molecule has 0 saturated heterocycles. The van der Waals surface area contributed by atoms with Gasteiger partial charge in [-0.2, -0.15) is 0 Å². The van der Waals surface area contributed by atoms with Crippen molar-refractivity contribution in [2.75, 3.05) is 0 Å². The first-order chi connectivity index (χ1) is 9.17. The van der Waals surface area contributed by atoms with Gasteiger partial charge in [0.25, 0.3) is 0 Å². The molecule has 4 heteroatoms. The predicted molar refractivity (Wildman–Crippen MR) is 72.8 cm³/mol. The zero-order chi connectivity index (χ0) is 13.8. The van der Waals surface area contributed by atoms with E-state index in [2.05, 4.69) is 6.92 Å². The molecule has 1 aromatic heterocycles. The minimum Gasteiger partial charge on any atom is -0.507 e. The van der Waals surface area contributed by atoms with Crippen molar-refractivity contribution in [3.63, 3.8) is 0 Å². The number of phenols is 1. The zero-order valence-electron chi connectivity index (χ0n) is 10.8. The van der Waals surface area contributed by atoms with Gasteiger partial charge >= 0.3 is 5.63 Å². The summed E-state index contributed by atoms with van der Waals surface area (Å²) in [5.41, 5.74) is 0.580. The maximum Gasteiger partial charge on any atom is 0.336 e. The van der Waals surface area contributed by atoms with Crippen LogP contribution in [0.3, 0.4) is 0 Å². The van der Waals surface area contributed by atoms with Gasteiger partial charge in [-0.05, 0) is 30.5 Å². The number of unbranched alkanes of at least 4 members (excludes halogenated alkanes) is 2. The Balaban J connectivity index is 2.59. The lowest BCUT2D eigenvalue weighted by atomic mass is 10.0. The second-order valence-electron chi connectivity index (χ2n) is 4.54. The average molecular weight is 260 g/mol. The van der Waals surface area contributed by atoms with E-state index >= 15 is 0 Å². The molecule has 2 rings (SSSR count). The summed E-state index contributed by atoms with van der Waals surface area (Å²) in [6.07, 6.45) is 4.43. The van der Waals surface area contributed by atoms with Crippen LogP contribution < -0.4 is 5.63 Å². The monoisotopic (exact) mass is 260 g/mol. The van der Waals surface area contributed by atoms with E-state index < -0.39 is 5.63 Å². The molecular formula is C15H16O4. The summed E-state index contributed by atoms with van der Waals surface area (Å²) in [4.78, 5) is 22.6. The van der Waals surface area contributed by atoms with Gasteiger partial charge in [0.05, 0.1) is 5.56 Å². The number of hydrogen-bond acceptors (Lipinski definition) is 4. The normalized spacial score (nSPS) is 10.8. The number of aryl methyl sites for hydroxylation is 1. The highest BCUT2D eigenvalue weighted by atomic mass is 16.4. The van der Waals surface area contributed by atoms with Gasteiger partial charge in [-0.1, -0.05) is 19.8 Å². The molecule has 0 aliphatic rings. The van der Waals surface area contributed by atoms with E-state index in [9.17, 15) is 14.7 Å². The molecule has 0 aliphatic heterocycles. The average Bonchev–Trinajstić information content (AvgIpc) is 2.38. The Labute approximate surface area is 110 Å². The molecule has 0 unspecified atom stereocenters. The van der Waals surface area contributed by atoms with Gasteiger partial charge in [0.2, 0.25) is 0 Å². The Morgan fingerprint density at radius 3 is 2.79 bits per heavy atom. The van der Waals surface area contributed by atoms with Crippen LogP contribution in [0.2, 0.25) is 0 Å². The van der Waals surface area contributed by atoms with Crippen molar-refractivity contribution in [1.29, 1.82) is 0 Å². The number of aromatic hydroxyl groups is 1. The van der Waals surface area contributed by atoms with Gasteiger partial charge < -0.3 is 9.52 Å². The lowest BCUT2D eigenvalue weighted by molar-refractivity contribution is 0.112. The van der Waals surface area contributed by atoms with Crippen LogP contribution in [-0.4, -0.2) is 11.4 Å². The molecule has 0 spiro atoms. The first kappa shape index (κ1) is 13.3. The summed E-state index contributed by atoms with van der Waals surface area (Å²) in [7, 11) is 0. The molecule has 0 aliphatic carbocycles. The number of fused-ring (bicyclic) bond motifs is 1. The summed E-state index contributed by atoms with van der Waals surface area (Å²) in [5.74, 6) is -0.170. The Kier molecular flexibility index (Phi) is 4.00. The molecule has 0 atom stereocenters. The fourth-order valence-corrected chi connectivity index (χ4v) is 2.19. The summed E-state index contributed by atoms with van der Waals surface area (Å²) in [5, 5.41) is 10.3. The van der Waals surface area contributed by atoms with Crippen LogP contribution in [0, 0.1) is 0 Å². The van der Waals surface area contributed by atoms with Crippen molar-refractivity contribution in [3.8, 4) is 5.75 Å². The maximum absolute atomic E-state index is 11.6. The quantitative estimate of drug-likeness (QED) is 0.509. The van der Waals surface area contributed by atoms with E-state index in [0.717, 1.165) is 36.6 Å². The van der Waals surface area contributed by atoms with Crippen LogP contribution in [0.4, 0.5) is 0 Å². The molecule has 0 amide bonds. The van der Waals surface area contributed by atoms with Crippen LogP contribution in [-0.2, 0) is 6.42 Å². The molecule has 4 nitrogen and oxygen atoms in total. The fourth-order valence-electron chi connectivity index (χ4n) is 2.19. The minimum atomic E-state index is -0.493. The molecule has 1 aromatic carbocycles. The number of benzene rings is 1. The van der Waals surface area contributed by atoms with Gasteiger partial charge in [0.15, 0.2) is 11.9 Å². The first-order valence-corrected chi connectivity index (χ1v) is 6.41. The first-order valence-electron chi connectivity index (χ1n) is 6.41. The molecule has 0 bridgehead atoms. The number of carbonyl (C=O) groups excluding carboxylic acids is 1. The SMILES string of the molecule is CCCCCc1cc(=O)oc2c(C=O)c(O)ccc12. The van der Waals surface area contributed by atoms with E-state index in [1.807, 2.05) is 0 Å². The summed E-state index contributed by atoms with van der Waals surface area (Å²) in [6.45, 7) is 2.11. The summed E-state index contributed by atoms with van der Waals surface area (Å²) < 4.78 is 5.06. The maximum atomic E-state index is 11.6. The van der Waals surface area contributed by atoms with Gasteiger partial charge in [0, 0.05) is 11.5 Å². The van der Waals surface area contributed by atoms with E-state index in [-0.39, 0.29) is 16.9 Å². The second kappa shape index (κ2) is 5.69. The Bertz CT molecular complexity index is 655. The summed E-state index contributed by atoms with van der Waals surface area (Å²) >= 11 is 0. The molecule has 0 radical (unpaired) electrons. The van der Waals surface area contributed by atoms with E-state index in [1.54, 1.807) is 6.07 Å². The van der Waals surface area contributed by atoms with Crippen LogP contribution in [0.1, 0.15) is 42.1 Å². The van der Waals surface area contributed by atoms with E-state index in [0.29, 0.717) is 6.29 Å². The van der Waals surface area contributed by atoms with Gasteiger partial charge in [-0.3, -0.25) is 4.79 Å². The molecule has 1 N–H and O–H groups in total. The molecular weight excluding hydrogens is 244 g/mol.